The van der Waals surface area contributed by atoms with Crippen molar-refractivity contribution in [3.05, 3.63) is 57.0 Å². The minimum atomic E-state index is 0.627. The summed E-state index contributed by atoms with van der Waals surface area (Å²) >= 11 is 17.9. The van der Waals surface area contributed by atoms with Gasteiger partial charge in [0.1, 0.15) is 0 Å². The summed E-state index contributed by atoms with van der Waals surface area (Å²) in [4.78, 5) is 0. The lowest BCUT2D eigenvalue weighted by atomic mass is 10.0. The third kappa shape index (κ3) is 2.52. The van der Waals surface area contributed by atoms with Gasteiger partial charge in [0, 0.05) is 15.1 Å². The van der Waals surface area contributed by atoms with E-state index in [2.05, 4.69) is 0 Å². The number of aryl methyl sites for hydroxylation is 1. The Balaban J connectivity index is 2.62. The molecular formula is C13H9Cl3. The van der Waals surface area contributed by atoms with Gasteiger partial charge >= 0.3 is 0 Å². The molecule has 0 atom stereocenters. The molecule has 0 saturated heterocycles. The Kier molecular flexibility index (Phi) is 3.44. The number of halogens is 3. The highest BCUT2D eigenvalue weighted by atomic mass is 35.5. The fourth-order valence-electron chi connectivity index (χ4n) is 1.61. The average Bonchev–Trinajstić information content (AvgIpc) is 2.20. The fourth-order valence-corrected chi connectivity index (χ4v) is 2.31. The van der Waals surface area contributed by atoms with E-state index in [4.69, 9.17) is 34.8 Å². The third-order valence-electron chi connectivity index (χ3n) is 2.37. The van der Waals surface area contributed by atoms with Crippen LogP contribution in [-0.2, 0) is 0 Å². The molecule has 0 saturated carbocycles. The number of hydrogen-bond donors (Lipinski definition) is 0. The maximum atomic E-state index is 5.98. The minimum Gasteiger partial charge on any atom is -0.0843 e. The summed E-state index contributed by atoms with van der Waals surface area (Å²) in [7, 11) is 0. The summed E-state index contributed by atoms with van der Waals surface area (Å²) in [6.45, 7) is 2.03. The molecule has 0 heterocycles. The minimum absolute atomic E-state index is 0.627. The van der Waals surface area contributed by atoms with Crippen molar-refractivity contribution in [2.24, 2.45) is 0 Å². The molecule has 2 aromatic carbocycles. The molecule has 82 valence electrons. The van der Waals surface area contributed by atoms with Gasteiger partial charge in [-0.25, -0.2) is 0 Å². The van der Waals surface area contributed by atoms with Crippen LogP contribution in [-0.4, -0.2) is 0 Å². The predicted molar refractivity (Wildman–Crippen MR) is 71.6 cm³/mol. The molecule has 16 heavy (non-hydrogen) atoms. The first-order chi connectivity index (χ1) is 7.56. The quantitative estimate of drug-likeness (QED) is 0.631. The zero-order valence-corrected chi connectivity index (χ0v) is 10.9. The smallest absolute Gasteiger partial charge is 0.0426 e. The number of rotatable bonds is 1. The van der Waals surface area contributed by atoms with Crippen LogP contribution in [0.15, 0.2) is 36.4 Å². The van der Waals surface area contributed by atoms with E-state index in [1.54, 1.807) is 6.07 Å². The van der Waals surface area contributed by atoms with Gasteiger partial charge in [-0.05, 0) is 53.9 Å². The Morgan fingerprint density at radius 1 is 0.750 bits per heavy atom. The molecule has 0 fully saturated rings. The molecule has 0 radical (unpaired) electrons. The van der Waals surface area contributed by atoms with Gasteiger partial charge in [0.05, 0.1) is 0 Å². The summed E-state index contributed by atoms with van der Waals surface area (Å²) in [6, 6.07) is 11.2. The molecule has 0 aliphatic carbocycles. The molecule has 2 rings (SSSR count). The standard InChI is InChI=1S/C13H9Cl3/c1-8-2-3-10(14)7-13(8)9-4-11(15)6-12(16)5-9/h2-7H,1H3. The van der Waals surface area contributed by atoms with E-state index in [0.717, 1.165) is 16.7 Å². The summed E-state index contributed by atoms with van der Waals surface area (Å²) in [6.07, 6.45) is 0. The van der Waals surface area contributed by atoms with Crippen molar-refractivity contribution < 1.29 is 0 Å². The van der Waals surface area contributed by atoms with Crippen molar-refractivity contribution in [3.8, 4) is 11.1 Å². The summed E-state index contributed by atoms with van der Waals surface area (Å²) in [5.74, 6) is 0. The number of hydrogen-bond acceptors (Lipinski definition) is 0. The third-order valence-corrected chi connectivity index (χ3v) is 3.04. The molecule has 0 nitrogen and oxygen atoms in total. The highest BCUT2D eigenvalue weighted by Crippen LogP contribution is 2.31. The lowest BCUT2D eigenvalue weighted by molar-refractivity contribution is 1.46. The summed E-state index contributed by atoms with van der Waals surface area (Å²) in [5.41, 5.74) is 3.18. The second-order valence-corrected chi connectivity index (χ2v) is 4.93. The molecule has 0 bridgehead atoms. The van der Waals surface area contributed by atoms with Crippen LogP contribution in [0.25, 0.3) is 11.1 Å². The highest BCUT2D eigenvalue weighted by molar-refractivity contribution is 6.35. The van der Waals surface area contributed by atoms with Gasteiger partial charge in [0.15, 0.2) is 0 Å². The highest BCUT2D eigenvalue weighted by Gasteiger charge is 2.05. The Bertz CT molecular complexity index is 512. The van der Waals surface area contributed by atoms with Crippen LogP contribution in [0.4, 0.5) is 0 Å². The molecule has 2 aromatic rings. The molecule has 0 N–H and O–H groups in total. The van der Waals surface area contributed by atoms with Crippen LogP contribution in [0.5, 0.6) is 0 Å². The van der Waals surface area contributed by atoms with Crippen molar-refractivity contribution >= 4 is 34.8 Å². The molecule has 0 aliphatic heterocycles. The van der Waals surface area contributed by atoms with Gasteiger partial charge in [0.2, 0.25) is 0 Å². The zero-order valence-electron chi connectivity index (χ0n) is 8.60. The van der Waals surface area contributed by atoms with E-state index < -0.39 is 0 Å². The topological polar surface area (TPSA) is 0 Å². The van der Waals surface area contributed by atoms with Gasteiger partial charge in [-0.1, -0.05) is 40.9 Å². The van der Waals surface area contributed by atoms with E-state index in [0.29, 0.717) is 15.1 Å². The predicted octanol–water partition coefficient (Wildman–Crippen LogP) is 5.62. The fraction of sp³-hybridized carbons (Fsp3) is 0.0769. The van der Waals surface area contributed by atoms with Crippen LogP contribution in [0, 0.1) is 6.92 Å². The largest absolute Gasteiger partial charge is 0.0843 e. The van der Waals surface area contributed by atoms with Gasteiger partial charge in [-0.15, -0.1) is 0 Å². The van der Waals surface area contributed by atoms with Crippen molar-refractivity contribution in [2.45, 2.75) is 6.92 Å². The first-order valence-electron chi connectivity index (χ1n) is 4.79. The van der Waals surface area contributed by atoms with E-state index in [-0.39, 0.29) is 0 Å². The SMILES string of the molecule is Cc1ccc(Cl)cc1-c1cc(Cl)cc(Cl)c1. The first kappa shape index (κ1) is 11.8. The summed E-state index contributed by atoms with van der Waals surface area (Å²) in [5, 5.41) is 1.96. The lowest BCUT2D eigenvalue weighted by Crippen LogP contribution is -1.83. The summed E-state index contributed by atoms with van der Waals surface area (Å²) < 4.78 is 0. The van der Waals surface area contributed by atoms with E-state index in [9.17, 15) is 0 Å². The molecular weight excluding hydrogens is 263 g/mol. The Morgan fingerprint density at radius 2 is 1.38 bits per heavy atom. The molecule has 0 unspecified atom stereocenters. The molecule has 0 spiro atoms. The van der Waals surface area contributed by atoms with Gasteiger partial charge in [0.25, 0.3) is 0 Å². The van der Waals surface area contributed by atoms with Crippen LogP contribution in [0.1, 0.15) is 5.56 Å². The maximum absolute atomic E-state index is 5.98. The van der Waals surface area contributed by atoms with Gasteiger partial charge < -0.3 is 0 Å². The molecule has 0 aliphatic rings. The van der Waals surface area contributed by atoms with E-state index >= 15 is 0 Å². The van der Waals surface area contributed by atoms with Crippen molar-refractivity contribution in [2.75, 3.05) is 0 Å². The monoisotopic (exact) mass is 270 g/mol. The van der Waals surface area contributed by atoms with E-state index in [1.165, 1.54) is 0 Å². The molecule has 0 amide bonds. The zero-order chi connectivity index (χ0) is 11.7. The van der Waals surface area contributed by atoms with Crippen molar-refractivity contribution in [1.29, 1.82) is 0 Å². The second kappa shape index (κ2) is 4.67. The molecule has 0 aromatic heterocycles. The Morgan fingerprint density at radius 3 is 2.00 bits per heavy atom. The lowest BCUT2D eigenvalue weighted by Gasteiger charge is -2.07. The Hall–Kier alpha value is -0.690. The normalized spacial score (nSPS) is 10.5. The van der Waals surface area contributed by atoms with Crippen molar-refractivity contribution in [3.63, 3.8) is 0 Å². The van der Waals surface area contributed by atoms with Gasteiger partial charge in [-0.3, -0.25) is 0 Å². The second-order valence-electron chi connectivity index (χ2n) is 3.62. The van der Waals surface area contributed by atoms with Crippen LogP contribution >= 0.6 is 34.8 Å². The van der Waals surface area contributed by atoms with Crippen LogP contribution in [0.2, 0.25) is 15.1 Å². The maximum Gasteiger partial charge on any atom is 0.0426 e. The van der Waals surface area contributed by atoms with Gasteiger partial charge in [-0.2, -0.15) is 0 Å². The van der Waals surface area contributed by atoms with Crippen LogP contribution in [0.3, 0.4) is 0 Å². The van der Waals surface area contributed by atoms with Crippen LogP contribution < -0.4 is 0 Å². The molecule has 3 heteroatoms. The Labute approximate surface area is 110 Å². The first-order valence-corrected chi connectivity index (χ1v) is 5.92. The number of benzene rings is 2. The average molecular weight is 272 g/mol. The van der Waals surface area contributed by atoms with E-state index in [1.807, 2.05) is 37.3 Å². The van der Waals surface area contributed by atoms with Crippen molar-refractivity contribution in [1.82, 2.24) is 0 Å².